The molecule has 122 valence electrons. The van der Waals surface area contributed by atoms with Crippen molar-refractivity contribution < 1.29 is 32.2 Å². The van der Waals surface area contributed by atoms with Crippen molar-refractivity contribution in [2.45, 2.75) is 32.0 Å². The Morgan fingerprint density at radius 1 is 1.35 bits per heavy atom. The zero-order chi connectivity index (χ0) is 17.0. The quantitative estimate of drug-likeness (QED) is 0.909. The van der Waals surface area contributed by atoms with Crippen LogP contribution in [0.5, 0.6) is 5.75 Å². The van der Waals surface area contributed by atoms with Crippen LogP contribution in [0, 0.1) is 0 Å². The maximum atomic E-state index is 12.9. The lowest BCUT2D eigenvalue weighted by atomic mass is 10.0. The molecule has 0 atom stereocenters. The van der Waals surface area contributed by atoms with E-state index >= 15 is 0 Å². The number of hydrogen-bond donors (Lipinski definition) is 1. The Labute approximate surface area is 128 Å². The fourth-order valence-electron chi connectivity index (χ4n) is 2.52. The molecule has 0 bridgehead atoms. The van der Waals surface area contributed by atoms with E-state index < -0.39 is 29.2 Å². The first-order valence-electron chi connectivity index (χ1n) is 6.70. The van der Waals surface area contributed by atoms with Crippen LogP contribution in [0.15, 0.2) is 22.6 Å². The summed E-state index contributed by atoms with van der Waals surface area (Å²) in [5.41, 5.74) is -0.878. The van der Waals surface area contributed by atoms with Crippen LogP contribution in [-0.2, 0) is 12.6 Å². The predicted octanol–water partition coefficient (Wildman–Crippen LogP) is 3.77. The predicted molar refractivity (Wildman–Crippen MR) is 72.3 cm³/mol. The van der Waals surface area contributed by atoms with Gasteiger partial charge in [-0.3, -0.25) is 0 Å². The summed E-state index contributed by atoms with van der Waals surface area (Å²) in [7, 11) is 0. The van der Waals surface area contributed by atoms with Crippen molar-refractivity contribution in [1.29, 1.82) is 0 Å². The van der Waals surface area contributed by atoms with Crippen LogP contribution >= 0.6 is 0 Å². The van der Waals surface area contributed by atoms with E-state index in [0.717, 1.165) is 5.56 Å². The van der Waals surface area contributed by atoms with Crippen LogP contribution in [0.3, 0.4) is 0 Å². The zero-order valence-corrected chi connectivity index (χ0v) is 12.2. The van der Waals surface area contributed by atoms with E-state index in [4.69, 9.17) is 14.3 Å². The van der Waals surface area contributed by atoms with Crippen molar-refractivity contribution in [1.82, 2.24) is 4.98 Å². The van der Waals surface area contributed by atoms with Crippen LogP contribution in [0.2, 0.25) is 0 Å². The molecule has 5 nitrogen and oxygen atoms in total. The van der Waals surface area contributed by atoms with Gasteiger partial charge in [-0.1, -0.05) is 0 Å². The molecule has 0 amide bonds. The molecule has 0 radical (unpaired) electrons. The maximum absolute atomic E-state index is 12.9. The second kappa shape index (κ2) is 4.74. The Morgan fingerprint density at radius 3 is 2.61 bits per heavy atom. The number of aromatic nitrogens is 1. The van der Waals surface area contributed by atoms with Crippen LogP contribution in [-0.4, -0.2) is 21.7 Å². The number of ether oxygens (including phenoxy) is 1. The number of aromatic carboxylic acids is 1. The summed E-state index contributed by atoms with van der Waals surface area (Å²) in [4.78, 5) is 14.3. The molecule has 0 saturated heterocycles. The fraction of sp³-hybridized carbons (Fsp3) is 0.333. The Balaban J connectivity index is 2.06. The van der Waals surface area contributed by atoms with Crippen LogP contribution in [0.1, 0.15) is 35.7 Å². The average Bonchev–Trinajstić information content (AvgIpc) is 2.96. The summed E-state index contributed by atoms with van der Waals surface area (Å²) in [5.74, 6) is -2.78. The van der Waals surface area contributed by atoms with E-state index in [2.05, 4.69) is 4.98 Å². The largest absolute Gasteiger partial charge is 0.487 e. The molecule has 2 heterocycles. The van der Waals surface area contributed by atoms with E-state index in [1.165, 1.54) is 6.07 Å². The minimum Gasteiger partial charge on any atom is -0.487 e. The Hall–Kier alpha value is -2.51. The Kier molecular flexibility index (Phi) is 3.17. The second-order valence-corrected chi connectivity index (χ2v) is 5.86. The third kappa shape index (κ3) is 2.76. The molecule has 3 rings (SSSR count). The summed E-state index contributed by atoms with van der Waals surface area (Å²) in [6.45, 7) is 3.78. The van der Waals surface area contributed by atoms with Crippen LogP contribution < -0.4 is 4.74 Å². The standard InChI is InChI=1S/C15H12F3NO4/c1-14(2)6-8-5-7(3-4-9(8)23-14)12-19-11(15(16,17)18)10(22-12)13(20)21/h3-5H,6H2,1-2H3,(H,20,21). The van der Waals surface area contributed by atoms with Gasteiger partial charge in [-0.15, -0.1) is 0 Å². The topological polar surface area (TPSA) is 72.6 Å². The third-order valence-corrected chi connectivity index (χ3v) is 3.40. The molecule has 0 fully saturated rings. The molecule has 1 aliphatic heterocycles. The second-order valence-electron chi connectivity index (χ2n) is 5.86. The van der Waals surface area contributed by atoms with Gasteiger partial charge in [-0.25, -0.2) is 9.78 Å². The van der Waals surface area contributed by atoms with Gasteiger partial charge in [0.1, 0.15) is 11.4 Å². The molecule has 0 unspecified atom stereocenters. The van der Waals surface area contributed by atoms with E-state index in [9.17, 15) is 18.0 Å². The number of carboxylic acids is 1. The van der Waals surface area contributed by atoms with Crippen molar-refractivity contribution in [3.05, 3.63) is 35.2 Å². The normalized spacial score (nSPS) is 16.0. The van der Waals surface area contributed by atoms with Crippen molar-refractivity contribution in [2.75, 3.05) is 0 Å². The monoisotopic (exact) mass is 327 g/mol. The average molecular weight is 327 g/mol. The molecule has 1 aromatic heterocycles. The number of oxazole rings is 1. The molecular formula is C15H12F3NO4. The molecule has 0 aliphatic carbocycles. The summed E-state index contributed by atoms with van der Waals surface area (Å²) in [5, 5.41) is 8.86. The number of carboxylic acid groups (broad SMARTS) is 1. The van der Waals surface area contributed by atoms with E-state index in [0.29, 0.717) is 12.2 Å². The number of fused-ring (bicyclic) bond motifs is 1. The lowest BCUT2D eigenvalue weighted by Gasteiger charge is -2.16. The lowest BCUT2D eigenvalue weighted by molar-refractivity contribution is -0.141. The van der Waals surface area contributed by atoms with Gasteiger partial charge in [0.15, 0.2) is 5.69 Å². The molecule has 8 heteroatoms. The Morgan fingerprint density at radius 2 is 2.04 bits per heavy atom. The first-order valence-corrected chi connectivity index (χ1v) is 6.70. The van der Waals surface area contributed by atoms with Gasteiger partial charge >= 0.3 is 12.1 Å². The summed E-state index contributed by atoms with van der Waals surface area (Å²) in [6, 6.07) is 4.69. The number of alkyl halides is 3. The summed E-state index contributed by atoms with van der Waals surface area (Å²) >= 11 is 0. The smallest absolute Gasteiger partial charge is 0.437 e. The lowest BCUT2D eigenvalue weighted by Crippen LogP contribution is -2.24. The number of benzene rings is 1. The molecule has 23 heavy (non-hydrogen) atoms. The van der Waals surface area contributed by atoms with Crippen molar-refractivity contribution >= 4 is 5.97 Å². The number of rotatable bonds is 2. The minimum absolute atomic E-state index is 0.267. The van der Waals surface area contributed by atoms with Crippen LogP contribution in [0.4, 0.5) is 13.2 Å². The van der Waals surface area contributed by atoms with Gasteiger partial charge in [-0.2, -0.15) is 13.2 Å². The SMILES string of the molecule is CC1(C)Cc2cc(-c3nc(C(F)(F)F)c(C(=O)O)o3)ccc2O1. The molecule has 2 aromatic rings. The number of carbonyl (C=O) groups is 1. The highest BCUT2D eigenvalue weighted by Gasteiger charge is 2.41. The third-order valence-electron chi connectivity index (χ3n) is 3.40. The number of halogens is 3. The maximum Gasteiger partial charge on any atom is 0.437 e. The molecule has 1 aromatic carbocycles. The van der Waals surface area contributed by atoms with Crippen LogP contribution in [0.25, 0.3) is 11.5 Å². The molecule has 1 aliphatic rings. The zero-order valence-electron chi connectivity index (χ0n) is 12.2. The van der Waals surface area contributed by atoms with Crippen molar-refractivity contribution in [2.24, 2.45) is 0 Å². The van der Waals surface area contributed by atoms with Gasteiger partial charge in [0.05, 0.1) is 0 Å². The van der Waals surface area contributed by atoms with E-state index in [1.807, 2.05) is 13.8 Å². The highest BCUT2D eigenvalue weighted by molar-refractivity contribution is 5.86. The van der Waals surface area contributed by atoms with Gasteiger partial charge < -0.3 is 14.3 Å². The first-order chi connectivity index (χ1) is 10.6. The highest BCUT2D eigenvalue weighted by Crippen LogP contribution is 2.39. The Bertz CT molecular complexity index is 793. The van der Waals surface area contributed by atoms with E-state index in [1.54, 1.807) is 12.1 Å². The first kappa shape index (κ1) is 15.4. The van der Waals surface area contributed by atoms with Crippen molar-refractivity contribution in [3.63, 3.8) is 0 Å². The molecule has 0 saturated carbocycles. The fourth-order valence-corrected chi connectivity index (χ4v) is 2.52. The number of nitrogens with zero attached hydrogens (tertiary/aromatic N) is 1. The van der Waals surface area contributed by atoms with Gasteiger partial charge in [0, 0.05) is 12.0 Å². The summed E-state index contributed by atoms with van der Waals surface area (Å²) in [6.07, 6.45) is -4.33. The number of hydrogen-bond acceptors (Lipinski definition) is 4. The molecule has 0 spiro atoms. The van der Waals surface area contributed by atoms with Gasteiger partial charge in [0.2, 0.25) is 11.7 Å². The minimum atomic E-state index is -4.91. The highest BCUT2D eigenvalue weighted by atomic mass is 19.4. The van der Waals surface area contributed by atoms with E-state index in [-0.39, 0.29) is 11.5 Å². The molecule has 1 N–H and O–H groups in total. The van der Waals surface area contributed by atoms with Crippen molar-refractivity contribution in [3.8, 4) is 17.2 Å². The summed E-state index contributed by atoms with van der Waals surface area (Å²) < 4.78 is 49.1. The van der Waals surface area contributed by atoms with Gasteiger partial charge in [-0.05, 0) is 37.6 Å². The van der Waals surface area contributed by atoms with Gasteiger partial charge in [0.25, 0.3) is 0 Å². The molecular weight excluding hydrogens is 315 g/mol.